The number of nitrogens with one attached hydrogen (secondary N) is 3. The molecule has 0 radical (unpaired) electrons. The normalized spacial score (nSPS) is 29.9. The molecule has 1 spiro atoms. The fourth-order valence-corrected chi connectivity index (χ4v) is 9.62. The summed E-state index contributed by atoms with van der Waals surface area (Å²) >= 11 is 0. The zero-order valence-corrected chi connectivity index (χ0v) is 32.1. The van der Waals surface area contributed by atoms with E-state index in [2.05, 4.69) is 15.4 Å². The van der Waals surface area contributed by atoms with Gasteiger partial charge in [-0.25, -0.2) is 27.0 Å². The Bertz CT molecular complexity index is 2090. The van der Waals surface area contributed by atoms with Crippen LogP contribution in [-0.4, -0.2) is 88.8 Å². The van der Waals surface area contributed by atoms with Crippen LogP contribution < -0.4 is 24.8 Å². The number of nitrogens with zero attached hydrogens (tertiary/aromatic N) is 2. The number of fused-ring (bicyclic) bond motifs is 5. The van der Waals surface area contributed by atoms with E-state index in [1.165, 1.54) is 20.1 Å². The topological polar surface area (TPSA) is 193 Å². The Kier molecular flexibility index (Phi) is 9.57. The number of sulfonamides is 1. The zero-order valence-electron chi connectivity index (χ0n) is 31.2. The average Bonchev–Trinajstić information content (AvgIpc) is 4.00. The van der Waals surface area contributed by atoms with Gasteiger partial charge in [0, 0.05) is 17.7 Å². The van der Waals surface area contributed by atoms with Crippen molar-refractivity contribution in [2.45, 2.75) is 125 Å². The molecule has 1 aromatic heterocycles. The van der Waals surface area contributed by atoms with E-state index in [4.69, 9.17) is 14.5 Å². The number of hydrogen-bond acceptors (Lipinski definition) is 9. The Morgan fingerprint density at radius 1 is 1.15 bits per heavy atom. The lowest BCUT2D eigenvalue weighted by atomic mass is 9.83. The molecule has 4 heterocycles. The molecule has 3 fully saturated rings. The smallest absolute Gasteiger partial charge is 0.405 e. The molecule has 2 aliphatic carbocycles. The van der Waals surface area contributed by atoms with Gasteiger partial charge in [-0.3, -0.25) is 19.1 Å². The summed E-state index contributed by atoms with van der Waals surface area (Å²) in [6, 6.07) is 1.88. The maximum atomic E-state index is 16.9. The number of aromatic nitrogens is 1. The summed E-state index contributed by atoms with van der Waals surface area (Å²) in [5.74, 6) is -6.93. The number of carbonyl (C=O) groups excluding carboxylic acids is 3. The molecule has 3 aliphatic heterocycles. The van der Waals surface area contributed by atoms with Crippen LogP contribution >= 0.6 is 0 Å². The molecule has 5 atom stereocenters. The third-order valence-electron chi connectivity index (χ3n) is 11.9. The molecule has 7 rings (SSSR count). The van der Waals surface area contributed by atoms with Crippen LogP contribution in [0.3, 0.4) is 0 Å². The molecule has 1 saturated heterocycles. The van der Waals surface area contributed by atoms with Gasteiger partial charge in [-0.2, -0.15) is 0 Å². The minimum atomic E-state index is -4.09. The van der Waals surface area contributed by atoms with Crippen molar-refractivity contribution < 1.29 is 51.0 Å². The minimum Gasteiger partial charge on any atom is -0.497 e. The van der Waals surface area contributed by atoms with Crippen LogP contribution in [0, 0.1) is 5.92 Å². The van der Waals surface area contributed by atoms with Gasteiger partial charge in [0.05, 0.1) is 41.6 Å². The largest absolute Gasteiger partial charge is 0.497 e. The molecular formula is C38H47F2N5O9S. The Labute approximate surface area is 317 Å². The van der Waals surface area contributed by atoms with E-state index >= 15 is 8.78 Å². The molecule has 55 heavy (non-hydrogen) atoms. The van der Waals surface area contributed by atoms with Gasteiger partial charge in [-0.1, -0.05) is 38.8 Å². The first kappa shape index (κ1) is 38.7. The summed E-state index contributed by atoms with van der Waals surface area (Å²) in [4.78, 5) is 60.4. The first-order valence-corrected chi connectivity index (χ1v) is 20.3. The van der Waals surface area contributed by atoms with E-state index in [1.54, 1.807) is 32.1 Å². The van der Waals surface area contributed by atoms with Crippen molar-refractivity contribution in [3.63, 3.8) is 0 Å². The Morgan fingerprint density at radius 3 is 2.56 bits per heavy atom. The Hall–Kier alpha value is -4.54. The molecule has 0 bridgehead atoms. The zero-order chi connectivity index (χ0) is 39.7. The monoisotopic (exact) mass is 787 g/mol. The predicted octanol–water partition coefficient (Wildman–Crippen LogP) is 4.61. The number of methoxy groups -OCH3 is 1. The van der Waals surface area contributed by atoms with Gasteiger partial charge in [0.2, 0.25) is 21.8 Å². The third-order valence-corrected chi connectivity index (χ3v) is 14.0. The van der Waals surface area contributed by atoms with Gasteiger partial charge in [-0.15, -0.1) is 0 Å². The predicted molar refractivity (Wildman–Crippen MR) is 195 cm³/mol. The van der Waals surface area contributed by atoms with Gasteiger partial charge in [0.25, 0.3) is 11.8 Å². The lowest BCUT2D eigenvalue weighted by Gasteiger charge is -2.41. The maximum absolute atomic E-state index is 16.9. The van der Waals surface area contributed by atoms with E-state index in [0.29, 0.717) is 49.8 Å². The van der Waals surface area contributed by atoms with Gasteiger partial charge < -0.3 is 30.1 Å². The number of allylic oxidation sites excluding steroid dienone is 1. The van der Waals surface area contributed by atoms with Crippen molar-refractivity contribution in [1.82, 2.24) is 25.2 Å². The number of benzene rings is 1. The number of pyridine rings is 1. The van der Waals surface area contributed by atoms with E-state index in [0.717, 1.165) is 4.90 Å². The van der Waals surface area contributed by atoms with Gasteiger partial charge >= 0.3 is 6.09 Å². The van der Waals surface area contributed by atoms with Gasteiger partial charge in [0.1, 0.15) is 29.0 Å². The molecule has 17 heteroatoms. The molecule has 0 unspecified atom stereocenters. The van der Waals surface area contributed by atoms with Crippen LogP contribution in [0.2, 0.25) is 0 Å². The summed E-state index contributed by atoms with van der Waals surface area (Å²) in [5, 5.41) is 14.8. The molecule has 298 valence electrons. The second kappa shape index (κ2) is 13.6. The lowest BCUT2D eigenvalue weighted by Crippen LogP contribution is -2.58. The first-order valence-electron chi connectivity index (χ1n) is 18.8. The van der Waals surface area contributed by atoms with Crippen LogP contribution in [-0.2, 0) is 30.3 Å². The highest BCUT2D eigenvalue weighted by Gasteiger charge is 2.65. The summed E-state index contributed by atoms with van der Waals surface area (Å²) < 4.78 is 73.1. The van der Waals surface area contributed by atoms with E-state index < -0.39 is 93.0 Å². The summed E-state index contributed by atoms with van der Waals surface area (Å²) in [6.45, 7) is 4.60. The third kappa shape index (κ3) is 6.97. The molecular weight excluding hydrogens is 741 g/mol. The van der Waals surface area contributed by atoms with Crippen molar-refractivity contribution in [2.75, 3.05) is 13.7 Å². The van der Waals surface area contributed by atoms with Crippen LogP contribution in [0.25, 0.3) is 10.9 Å². The molecule has 14 nitrogen and oxygen atoms in total. The number of hydrogen-bond donors (Lipinski definition) is 4. The van der Waals surface area contributed by atoms with Crippen molar-refractivity contribution in [3.05, 3.63) is 41.6 Å². The molecule has 5 aliphatic rings. The highest BCUT2D eigenvalue weighted by Crippen LogP contribution is 2.55. The number of alkyl halides is 2. The maximum Gasteiger partial charge on any atom is 0.405 e. The fourth-order valence-electron chi connectivity index (χ4n) is 8.31. The summed E-state index contributed by atoms with van der Waals surface area (Å²) in [5.41, 5.74) is -3.34. The highest BCUT2D eigenvalue weighted by molar-refractivity contribution is 7.91. The minimum absolute atomic E-state index is 0.0736. The lowest BCUT2D eigenvalue weighted by molar-refractivity contribution is -0.141. The molecule has 2 saturated carbocycles. The fraction of sp³-hybridized carbons (Fsp3) is 0.605. The molecule has 4 N–H and O–H groups in total. The summed E-state index contributed by atoms with van der Waals surface area (Å²) in [7, 11) is -2.67. The number of halogens is 2. The standard InChI is InChI=1S/C38H47F2N5O9S/c1-21(2)29-30-28(24-16-23(53-4)12-13-25(24)41-29)38(39,40)19-36(54-30)18-27-31(46)43-37(33(48)44-55(51,52)35(3)14-15-35)17-22(37)10-8-6-5-7-9-11-26(42-34(49)50)32(47)45(27)20-36/h8,10,12-13,16,21-22,26-27,42H,5-7,9,11,14-15,17-20H2,1-4H3,(H,43,46)(H,44,48)(H,49,50)/t22-,26+,27+,36+,37-/m1/s1. The summed E-state index contributed by atoms with van der Waals surface area (Å²) in [6.07, 6.45) is 4.05. The van der Waals surface area contributed by atoms with E-state index in [-0.39, 0.29) is 41.2 Å². The van der Waals surface area contributed by atoms with E-state index in [1.807, 2.05) is 6.08 Å². The van der Waals surface area contributed by atoms with Crippen LogP contribution in [0.1, 0.15) is 102 Å². The SMILES string of the molecule is COc1ccc2nc(C(C)C)c3c(c2c1)C(F)(F)C[C@]1(C[C@H]2C(=O)N[C@]4(C(=O)NS(=O)(=O)C5(C)CC5)C[C@H]4C=CCCCCC[C@H](NC(=O)O)C(=O)N2C1)O3. The number of carbonyl (C=O) groups is 4. The Balaban J connectivity index is 1.30. The van der Waals surface area contributed by atoms with Gasteiger partial charge in [0.15, 0.2) is 5.75 Å². The highest BCUT2D eigenvalue weighted by atomic mass is 32.2. The first-order chi connectivity index (χ1) is 25.8. The van der Waals surface area contributed by atoms with E-state index in [9.17, 15) is 32.7 Å². The van der Waals surface area contributed by atoms with Crippen LogP contribution in [0.5, 0.6) is 11.5 Å². The number of rotatable bonds is 6. The quantitative estimate of drug-likeness (QED) is 0.301. The Morgan fingerprint density at radius 2 is 1.89 bits per heavy atom. The van der Waals surface area contributed by atoms with Crippen LogP contribution in [0.4, 0.5) is 13.6 Å². The number of amides is 4. The second-order valence-corrected chi connectivity index (χ2v) is 18.5. The average molecular weight is 788 g/mol. The molecule has 4 amide bonds. The van der Waals surface area contributed by atoms with Crippen molar-refractivity contribution >= 4 is 44.7 Å². The van der Waals surface area contributed by atoms with Crippen LogP contribution in [0.15, 0.2) is 30.4 Å². The van der Waals surface area contributed by atoms with Crippen molar-refractivity contribution in [3.8, 4) is 11.5 Å². The van der Waals surface area contributed by atoms with Crippen molar-refractivity contribution in [1.29, 1.82) is 0 Å². The molecule has 2 aromatic rings. The number of ether oxygens (including phenoxy) is 2. The molecule has 1 aromatic carbocycles. The van der Waals surface area contributed by atoms with Gasteiger partial charge in [-0.05, 0) is 69.6 Å². The second-order valence-electron chi connectivity index (χ2n) is 16.3. The number of carboxylic acid groups (broad SMARTS) is 1. The van der Waals surface area contributed by atoms with Crippen molar-refractivity contribution in [2.24, 2.45) is 5.92 Å².